The first kappa shape index (κ1) is 18.4. The lowest BCUT2D eigenvalue weighted by Crippen LogP contribution is -2.60. The van der Waals surface area contributed by atoms with Crippen LogP contribution in [0.5, 0.6) is 0 Å². The zero-order valence-corrected chi connectivity index (χ0v) is 14.8. The molecule has 2 saturated heterocycles. The van der Waals surface area contributed by atoms with Crippen LogP contribution in [0, 0.1) is 0 Å². The first-order valence-electron chi connectivity index (χ1n) is 8.64. The van der Waals surface area contributed by atoms with Crippen LogP contribution in [0.25, 0.3) is 0 Å². The molecule has 0 aromatic carbocycles. The van der Waals surface area contributed by atoms with Crippen LogP contribution in [-0.2, 0) is 19.1 Å². The van der Waals surface area contributed by atoms with Crippen molar-refractivity contribution < 1.29 is 19.1 Å². The first-order chi connectivity index (χ1) is 10.8. The summed E-state index contributed by atoms with van der Waals surface area (Å²) in [5.74, 6) is -0.716. The molecule has 2 aliphatic rings. The van der Waals surface area contributed by atoms with E-state index in [1.807, 2.05) is 27.7 Å². The SMILES string of the molecule is CCCC(NC(C)(C)C)C(=O)C(=O)N1CC(OC2CCOC2)C1. The lowest BCUT2D eigenvalue weighted by atomic mass is 9.99. The molecular weight excluding hydrogens is 296 g/mol. The number of hydrogen-bond donors (Lipinski definition) is 1. The molecule has 2 atom stereocenters. The number of likely N-dealkylation sites (tertiary alicyclic amines) is 1. The number of nitrogens with one attached hydrogen (secondary N) is 1. The molecule has 0 saturated carbocycles. The van der Waals surface area contributed by atoms with Crippen molar-refractivity contribution >= 4 is 11.7 Å². The van der Waals surface area contributed by atoms with E-state index in [9.17, 15) is 9.59 Å². The van der Waals surface area contributed by atoms with Crippen molar-refractivity contribution in [2.24, 2.45) is 0 Å². The number of carbonyl (C=O) groups is 2. The van der Waals surface area contributed by atoms with Gasteiger partial charge in [0.1, 0.15) is 0 Å². The molecule has 0 bridgehead atoms. The fourth-order valence-corrected chi connectivity index (χ4v) is 2.97. The van der Waals surface area contributed by atoms with Crippen molar-refractivity contribution in [3.63, 3.8) is 0 Å². The van der Waals surface area contributed by atoms with Crippen LogP contribution in [0.2, 0.25) is 0 Å². The van der Waals surface area contributed by atoms with E-state index >= 15 is 0 Å². The predicted molar refractivity (Wildman–Crippen MR) is 87.3 cm³/mol. The van der Waals surface area contributed by atoms with Crippen molar-refractivity contribution in [3.8, 4) is 0 Å². The predicted octanol–water partition coefficient (Wildman–Crippen LogP) is 1.13. The molecule has 23 heavy (non-hydrogen) atoms. The van der Waals surface area contributed by atoms with Gasteiger partial charge >= 0.3 is 0 Å². The van der Waals surface area contributed by atoms with Gasteiger partial charge in [-0.15, -0.1) is 0 Å². The minimum atomic E-state index is -0.407. The monoisotopic (exact) mass is 326 g/mol. The Morgan fingerprint density at radius 1 is 1.30 bits per heavy atom. The first-order valence-corrected chi connectivity index (χ1v) is 8.64. The van der Waals surface area contributed by atoms with Gasteiger partial charge in [-0.05, 0) is 33.6 Å². The third kappa shape index (κ3) is 5.26. The van der Waals surface area contributed by atoms with Gasteiger partial charge in [0.05, 0.1) is 24.9 Å². The van der Waals surface area contributed by atoms with Crippen LogP contribution in [0.4, 0.5) is 0 Å². The van der Waals surface area contributed by atoms with E-state index in [-0.39, 0.29) is 29.4 Å². The Hall–Kier alpha value is -0.980. The average molecular weight is 326 g/mol. The molecule has 6 nitrogen and oxygen atoms in total. The van der Waals surface area contributed by atoms with Gasteiger partial charge in [-0.25, -0.2) is 0 Å². The topological polar surface area (TPSA) is 67.9 Å². The Morgan fingerprint density at radius 3 is 2.52 bits per heavy atom. The van der Waals surface area contributed by atoms with Gasteiger partial charge in [0.15, 0.2) is 0 Å². The molecule has 6 heteroatoms. The quantitative estimate of drug-likeness (QED) is 0.710. The summed E-state index contributed by atoms with van der Waals surface area (Å²) in [4.78, 5) is 26.4. The molecular formula is C17H30N2O4. The third-order valence-corrected chi connectivity index (χ3v) is 4.12. The third-order valence-electron chi connectivity index (χ3n) is 4.12. The van der Waals surface area contributed by atoms with Crippen molar-refractivity contribution in [1.29, 1.82) is 0 Å². The summed E-state index contributed by atoms with van der Waals surface area (Å²) in [5, 5.41) is 3.27. The van der Waals surface area contributed by atoms with Gasteiger partial charge in [0.25, 0.3) is 5.91 Å². The molecule has 132 valence electrons. The average Bonchev–Trinajstić information content (AvgIpc) is 2.92. The number of ketones is 1. The van der Waals surface area contributed by atoms with Crippen molar-refractivity contribution in [2.75, 3.05) is 26.3 Å². The zero-order valence-electron chi connectivity index (χ0n) is 14.8. The van der Waals surface area contributed by atoms with Gasteiger partial charge < -0.3 is 19.7 Å². The molecule has 2 unspecified atom stereocenters. The van der Waals surface area contributed by atoms with E-state index in [0.717, 1.165) is 19.4 Å². The number of amides is 1. The molecule has 2 rings (SSSR count). The van der Waals surface area contributed by atoms with Gasteiger partial charge in [-0.3, -0.25) is 9.59 Å². The maximum absolute atomic E-state index is 12.5. The summed E-state index contributed by atoms with van der Waals surface area (Å²) < 4.78 is 11.1. The zero-order chi connectivity index (χ0) is 17.0. The summed E-state index contributed by atoms with van der Waals surface area (Å²) in [7, 11) is 0. The number of rotatable bonds is 7. The lowest BCUT2D eigenvalue weighted by molar-refractivity contribution is -0.158. The van der Waals surface area contributed by atoms with Crippen LogP contribution < -0.4 is 5.32 Å². The molecule has 2 fully saturated rings. The van der Waals surface area contributed by atoms with Crippen molar-refractivity contribution in [1.82, 2.24) is 10.2 Å². The van der Waals surface area contributed by atoms with E-state index in [1.54, 1.807) is 4.90 Å². The van der Waals surface area contributed by atoms with Crippen LogP contribution in [0.3, 0.4) is 0 Å². The van der Waals surface area contributed by atoms with E-state index in [1.165, 1.54) is 0 Å². The summed E-state index contributed by atoms with van der Waals surface area (Å²) in [6.45, 7) is 10.4. The van der Waals surface area contributed by atoms with Crippen molar-refractivity contribution in [3.05, 3.63) is 0 Å². The smallest absolute Gasteiger partial charge is 0.291 e. The molecule has 0 spiro atoms. The number of ether oxygens (including phenoxy) is 2. The standard InChI is InChI=1S/C17H30N2O4/c1-5-6-14(18-17(2,3)4)15(20)16(21)19-9-13(10-19)23-12-7-8-22-11-12/h12-14,18H,5-11H2,1-4H3. The van der Waals surface area contributed by atoms with Crippen LogP contribution >= 0.6 is 0 Å². The van der Waals surface area contributed by atoms with Crippen molar-refractivity contribution in [2.45, 2.75) is 70.7 Å². The molecule has 2 aliphatic heterocycles. The highest BCUT2D eigenvalue weighted by Crippen LogP contribution is 2.19. The van der Waals surface area contributed by atoms with Crippen LogP contribution in [0.15, 0.2) is 0 Å². The molecule has 2 heterocycles. The van der Waals surface area contributed by atoms with Gasteiger partial charge in [-0.2, -0.15) is 0 Å². The minimum absolute atomic E-state index is 0.0404. The molecule has 0 aromatic heterocycles. The molecule has 1 amide bonds. The molecule has 0 radical (unpaired) electrons. The maximum Gasteiger partial charge on any atom is 0.291 e. The fraction of sp³-hybridized carbons (Fsp3) is 0.882. The summed E-state index contributed by atoms with van der Waals surface area (Å²) >= 11 is 0. The largest absolute Gasteiger partial charge is 0.379 e. The normalized spacial score (nSPS) is 23.7. The maximum atomic E-state index is 12.5. The second kappa shape index (κ2) is 7.73. The van der Waals surface area contributed by atoms with Crippen LogP contribution in [-0.4, -0.2) is 66.7 Å². The van der Waals surface area contributed by atoms with Gasteiger partial charge in [-0.1, -0.05) is 13.3 Å². The minimum Gasteiger partial charge on any atom is -0.379 e. The van der Waals surface area contributed by atoms with E-state index in [0.29, 0.717) is 26.1 Å². The van der Waals surface area contributed by atoms with Crippen LogP contribution in [0.1, 0.15) is 47.0 Å². The number of nitrogens with zero attached hydrogens (tertiary/aromatic N) is 1. The Labute approximate surface area is 138 Å². The highest BCUT2D eigenvalue weighted by Gasteiger charge is 2.39. The number of hydrogen-bond acceptors (Lipinski definition) is 5. The van der Waals surface area contributed by atoms with E-state index in [4.69, 9.17) is 9.47 Å². The highest BCUT2D eigenvalue weighted by atomic mass is 16.6. The van der Waals surface area contributed by atoms with Gasteiger partial charge in [0, 0.05) is 25.2 Å². The van der Waals surface area contributed by atoms with Gasteiger partial charge in [0.2, 0.25) is 5.78 Å². The molecule has 1 N–H and O–H groups in total. The molecule has 0 aliphatic carbocycles. The number of Topliss-reactive ketones (excluding diaryl/α,β-unsaturated/α-hetero) is 1. The summed E-state index contributed by atoms with van der Waals surface area (Å²) in [6.07, 6.45) is 2.63. The Kier molecular flexibility index (Phi) is 6.17. The Balaban J connectivity index is 1.80. The Bertz CT molecular complexity index is 421. The second-order valence-electron chi connectivity index (χ2n) is 7.55. The lowest BCUT2D eigenvalue weighted by Gasteiger charge is -2.40. The Morgan fingerprint density at radius 2 is 2.00 bits per heavy atom. The highest BCUT2D eigenvalue weighted by molar-refractivity contribution is 6.38. The van der Waals surface area contributed by atoms with E-state index in [2.05, 4.69) is 5.32 Å². The molecule has 0 aromatic rings. The summed E-state index contributed by atoms with van der Waals surface area (Å²) in [6, 6.07) is -0.407. The fourth-order valence-electron chi connectivity index (χ4n) is 2.97. The number of carbonyl (C=O) groups excluding carboxylic acids is 2. The summed E-state index contributed by atoms with van der Waals surface area (Å²) in [5.41, 5.74) is -0.196. The van der Waals surface area contributed by atoms with E-state index < -0.39 is 6.04 Å². The second-order valence-corrected chi connectivity index (χ2v) is 7.55.